The summed E-state index contributed by atoms with van der Waals surface area (Å²) in [4.78, 5) is 12.0. The predicted molar refractivity (Wildman–Crippen MR) is 73.0 cm³/mol. The molecular formula is C14H17BrFNO. The number of nitrogens with one attached hydrogen (secondary N) is 1. The van der Waals surface area contributed by atoms with Gasteiger partial charge in [0.05, 0.1) is 5.56 Å². The molecule has 1 aliphatic rings. The molecule has 0 bridgehead atoms. The predicted octanol–water partition coefficient (Wildman–Crippen LogP) is 3.90. The topological polar surface area (TPSA) is 29.1 Å². The van der Waals surface area contributed by atoms with E-state index < -0.39 is 0 Å². The first-order chi connectivity index (χ1) is 8.56. The summed E-state index contributed by atoms with van der Waals surface area (Å²) >= 11 is 3.22. The largest absolute Gasteiger partial charge is 0.351 e. The zero-order valence-electron chi connectivity index (χ0n) is 10.4. The molecule has 1 saturated carbocycles. The highest BCUT2D eigenvalue weighted by molar-refractivity contribution is 9.10. The van der Waals surface area contributed by atoms with Gasteiger partial charge >= 0.3 is 0 Å². The molecule has 1 aromatic carbocycles. The van der Waals surface area contributed by atoms with Gasteiger partial charge in [-0.25, -0.2) is 4.39 Å². The first-order valence-electron chi connectivity index (χ1n) is 6.29. The standard InChI is InChI=1S/C14H17BrFNO/c1-2-14(6-3-7-14)9-17-13(18)11-5-4-10(16)8-12(11)15/h4-5,8H,2-3,6-7,9H2,1H3,(H,17,18). The first kappa shape index (κ1) is 13.5. The summed E-state index contributed by atoms with van der Waals surface area (Å²) in [6, 6.07) is 4.13. The van der Waals surface area contributed by atoms with Crippen LogP contribution in [0.4, 0.5) is 4.39 Å². The highest BCUT2D eigenvalue weighted by atomic mass is 79.9. The first-order valence-corrected chi connectivity index (χ1v) is 7.09. The van der Waals surface area contributed by atoms with E-state index in [1.807, 2.05) is 0 Å². The number of benzene rings is 1. The molecule has 0 radical (unpaired) electrons. The maximum atomic E-state index is 12.9. The van der Waals surface area contributed by atoms with Gasteiger partial charge in [-0.05, 0) is 58.8 Å². The van der Waals surface area contributed by atoms with Gasteiger partial charge in [-0.1, -0.05) is 13.3 Å². The average molecular weight is 314 g/mol. The maximum absolute atomic E-state index is 12.9. The van der Waals surface area contributed by atoms with E-state index in [0.29, 0.717) is 22.0 Å². The van der Waals surface area contributed by atoms with Crippen LogP contribution in [0.25, 0.3) is 0 Å². The van der Waals surface area contributed by atoms with Gasteiger partial charge in [0.2, 0.25) is 0 Å². The monoisotopic (exact) mass is 313 g/mol. The van der Waals surface area contributed by atoms with Gasteiger partial charge in [0.1, 0.15) is 5.82 Å². The van der Waals surface area contributed by atoms with Crippen LogP contribution in [0, 0.1) is 11.2 Å². The minimum absolute atomic E-state index is 0.137. The SMILES string of the molecule is CCC1(CNC(=O)c2ccc(F)cc2Br)CCC1. The Kier molecular flexibility index (Phi) is 4.05. The minimum Gasteiger partial charge on any atom is -0.351 e. The molecule has 1 fully saturated rings. The van der Waals surface area contributed by atoms with Crippen molar-refractivity contribution in [1.29, 1.82) is 0 Å². The van der Waals surface area contributed by atoms with E-state index in [0.717, 1.165) is 6.42 Å². The van der Waals surface area contributed by atoms with E-state index in [1.54, 1.807) is 0 Å². The van der Waals surface area contributed by atoms with Crippen LogP contribution in [-0.2, 0) is 0 Å². The highest BCUT2D eigenvalue weighted by Crippen LogP contribution is 2.43. The molecule has 0 atom stereocenters. The maximum Gasteiger partial charge on any atom is 0.252 e. The second-order valence-corrected chi connectivity index (χ2v) is 5.87. The molecule has 1 aromatic rings. The van der Waals surface area contributed by atoms with Crippen LogP contribution in [0.1, 0.15) is 43.0 Å². The number of amides is 1. The fraction of sp³-hybridized carbons (Fsp3) is 0.500. The van der Waals surface area contributed by atoms with Crippen LogP contribution in [0.2, 0.25) is 0 Å². The van der Waals surface area contributed by atoms with E-state index in [2.05, 4.69) is 28.2 Å². The van der Waals surface area contributed by atoms with Gasteiger partial charge in [-0.2, -0.15) is 0 Å². The third-order valence-corrected chi connectivity index (χ3v) is 4.62. The van der Waals surface area contributed by atoms with Crippen molar-refractivity contribution >= 4 is 21.8 Å². The lowest BCUT2D eigenvalue weighted by Gasteiger charge is -2.41. The van der Waals surface area contributed by atoms with Crippen molar-refractivity contribution in [2.75, 3.05) is 6.54 Å². The van der Waals surface area contributed by atoms with Gasteiger partial charge in [0.25, 0.3) is 5.91 Å². The molecule has 0 saturated heterocycles. The molecule has 0 spiro atoms. The van der Waals surface area contributed by atoms with Gasteiger partial charge in [0, 0.05) is 11.0 Å². The summed E-state index contributed by atoms with van der Waals surface area (Å²) in [5, 5.41) is 2.96. The van der Waals surface area contributed by atoms with Crippen molar-refractivity contribution < 1.29 is 9.18 Å². The Labute approximate surface area is 115 Å². The molecule has 4 heteroatoms. The van der Waals surface area contributed by atoms with Gasteiger partial charge in [-0.3, -0.25) is 4.79 Å². The number of rotatable bonds is 4. The summed E-state index contributed by atoms with van der Waals surface area (Å²) in [6.45, 7) is 2.88. The lowest BCUT2D eigenvalue weighted by molar-refractivity contribution is 0.0849. The number of carbonyl (C=O) groups is 1. The molecule has 1 aliphatic carbocycles. The van der Waals surface area contributed by atoms with E-state index in [-0.39, 0.29) is 11.7 Å². The molecular weight excluding hydrogens is 297 g/mol. The van der Waals surface area contributed by atoms with Crippen molar-refractivity contribution in [2.24, 2.45) is 5.41 Å². The van der Waals surface area contributed by atoms with E-state index >= 15 is 0 Å². The van der Waals surface area contributed by atoms with E-state index in [4.69, 9.17) is 0 Å². The van der Waals surface area contributed by atoms with Crippen LogP contribution >= 0.6 is 15.9 Å². The summed E-state index contributed by atoms with van der Waals surface area (Å²) < 4.78 is 13.4. The third-order valence-electron chi connectivity index (χ3n) is 3.96. The van der Waals surface area contributed by atoms with Crippen LogP contribution in [0.5, 0.6) is 0 Å². The van der Waals surface area contributed by atoms with Crippen molar-refractivity contribution in [3.63, 3.8) is 0 Å². The van der Waals surface area contributed by atoms with Crippen LogP contribution in [0.3, 0.4) is 0 Å². The summed E-state index contributed by atoms with van der Waals surface area (Å²) in [5.41, 5.74) is 0.782. The van der Waals surface area contributed by atoms with Gasteiger partial charge in [-0.15, -0.1) is 0 Å². The summed E-state index contributed by atoms with van der Waals surface area (Å²) in [5.74, 6) is -0.482. The molecule has 2 rings (SSSR count). The van der Waals surface area contributed by atoms with Crippen molar-refractivity contribution in [2.45, 2.75) is 32.6 Å². The third kappa shape index (κ3) is 2.74. The second kappa shape index (κ2) is 5.39. The molecule has 98 valence electrons. The van der Waals surface area contributed by atoms with E-state index in [9.17, 15) is 9.18 Å². The lowest BCUT2D eigenvalue weighted by Crippen LogP contribution is -2.41. The van der Waals surface area contributed by atoms with E-state index in [1.165, 1.54) is 37.5 Å². The smallest absolute Gasteiger partial charge is 0.252 e. The van der Waals surface area contributed by atoms with Crippen molar-refractivity contribution in [3.05, 3.63) is 34.1 Å². The number of hydrogen-bond acceptors (Lipinski definition) is 1. The molecule has 18 heavy (non-hydrogen) atoms. The number of hydrogen-bond donors (Lipinski definition) is 1. The van der Waals surface area contributed by atoms with Crippen LogP contribution in [0.15, 0.2) is 22.7 Å². The highest BCUT2D eigenvalue weighted by Gasteiger charge is 2.35. The van der Waals surface area contributed by atoms with Crippen molar-refractivity contribution in [1.82, 2.24) is 5.32 Å². The summed E-state index contributed by atoms with van der Waals surface area (Å²) in [6.07, 6.45) is 4.73. The fourth-order valence-electron chi connectivity index (χ4n) is 2.37. The quantitative estimate of drug-likeness (QED) is 0.897. The van der Waals surface area contributed by atoms with Crippen LogP contribution in [-0.4, -0.2) is 12.5 Å². The Bertz CT molecular complexity index is 452. The molecule has 1 N–H and O–H groups in total. The molecule has 1 amide bonds. The molecule has 0 unspecified atom stereocenters. The van der Waals surface area contributed by atoms with Crippen LogP contribution < -0.4 is 5.32 Å². The minimum atomic E-state index is -0.345. The Morgan fingerprint density at radius 2 is 2.22 bits per heavy atom. The fourth-order valence-corrected chi connectivity index (χ4v) is 2.90. The molecule has 0 heterocycles. The zero-order valence-corrected chi connectivity index (χ0v) is 12.0. The Morgan fingerprint density at radius 1 is 1.50 bits per heavy atom. The Hall–Kier alpha value is -0.900. The number of halogens is 2. The zero-order chi connectivity index (χ0) is 13.2. The van der Waals surface area contributed by atoms with Gasteiger partial charge in [0.15, 0.2) is 0 Å². The number of carbonyl (C=O) groups excluding carboxylic acids is 1. The van der Waals surface area contributed by atoms with Crippen molar-refractivity contribution in [3.8, 4) is 0 Å². The van der Waals surface area contributed by atoms with Gasteiger partial charge < -0.3 is 5.32 Å². The Balaban J connectivity index is 1.99. The average Bonchev–Trinajstić information content (AvgIpc) is 2.27. The second-order valence-electron chi connectivity index (χ2n) is 5.01. The summed E-state index contributed by atoms with van der Waals surface area (Å²) in [7, 11) is 0. The molecule has 0 aromatic heterocycles. The Morgan fingerprint density at radius 3 is 2.72 bits per heavy atom. The lowest BCUT2D eigenvalue weighted by atomic mass is 9.67. The normalized spacial score (nSPS) is 17.1. The molecule has 2 nitrogen and oxygen atoms in total. The molecule has 0 aliphatic heterocycles.